The van der Waals surface area contributed by atoms with Gasteiger partial charge in [-0.05, 0) is 37.3 Å². The average molecular weight is 302 g/mol. The molecule has 112 valence electrons. The fourth-order valence-electron chi connectivity index (χ4n) is 2.72. The number of nitrogens with one attached hydrogen (secondary N) is 1. The molecule has 0 amide bonds. The predicted molar refractivity (Wildman–Crippen MR) is 89.1 cm³/mol. The highest BCUT2D eigenvalue weighted by Crippen LogP contribution is 2.28. The van der Waals surface area contributed by atoms with Crippen molar-refractivity contribution in [3.8, 4) is 0 Å². The van der Waals surface area contributed by atoms with Gasteiger partial charge in [-0.1, -0.05) is 36.5 Å². The number of anilines is 2. The first-order valence-electron chi connectivity index (χ1n) is 7.76. The molecule has 1 aromatic carbocycles. The zero-order valence-electron chi connectivity index (χ0n) is 12.5. The Labute approximate surface area is 130 Å². The van der Waals surface area contributed by atoms with Gasteiger partial charge in [-0.25, -0.2) is 0 Å². The van der Waals surface area contributed by atoms with E-state index in [4.69, 9.17) is 0 Å². The predicted octanol–water partition coefficient (Wildman–Crippen LogP) is 3.70. The molecule has 0 atom stereocenters. The van der Waals surface area contributed by atoms with Crippen LogP contribution in [0.15, 0.2) is 24.3 Å². The standard InChI is InChI=1S/C16H22N4S/c1-2-10-17-16-19-18-15(21-16)12-20-11-6-5-8-13-7-3-4-9-14(13)20/h3-4,7,9H,2,5-6,8,10-12H2,1H3,(H,17,19). The lowest BCUT2D eigenvalue weighted by molar-refractivity contribution is 0.710. The molecule has 5 heteroatoms. The Balaban J connectivity index is 1.73. The van der Waals surface area contributed by atoms with E-state index in [9.17, 15) is 0 Å². The van der Waals surface area contributed by atoms with Gasteiger partial charge in [-0.2, -0.15) is 0 Å². The second-order valence-corrected chi connectivity index (χ2v) is 6.50. The van der Waals surface area contributed by atoms with Gasteiger partial charge in [-0.3, -0.25) is 0 Å². The van der Waals surface area contributed by atoms with E-state index < -0.39 is 0 Å². The molecule has 0 saturated heterocycles. The molecule has 1 aliphatic rings. The number of aromatic nitrogens is 2. The lowest BCUT2D eigenvalue weighted by Crippen LogP contribution is -2.23. The molecule has 0 saturated carbocycles. The van der Waals surface area contributed by atoms with E-state index in [0.717, 1.165) is 36.2 Å². The Morgan fingerprint density at radius 2 is 2.14 bits per heavy atom. The van der Waals surface area contributed by atoms with Gasteiger partial charge in [0, 0.05) is 18.8 Å². The van der Waals surface area contributed by atoms with Crippen molar-refractivity contribution in [2.24, 2.45) is 0 Å². The summed E-state index contributed by atoms with van der Waals surface area (Å²) in [6, 6.07) is 8.76. The lowest BCUT2D eigenvalue weighted by atomic mass is 10.1. The van der Waals surface area contributed by atoms with Crippen LogP contribution in [0.4, 0.5) is 10.8 Å². The first-order chi connectivity index (χ1) is 10.4. The minimum atomic E-state index is 0.864. The van der Waals surface area contributed by atoms with Crippen molar-refractivity contribution in [1.82, 2.24) is 10.2 Å². The first-order valence-corrected chi connectivity index (χ1v) is 8.57. The zero-order valence-corrected chi connectivity index (χ0v) is 13.3. The SMILES string of the molecule is CCCNc1nnc(CN2CCCCc3ccccc32)s1. The largest absolute Gasteiger partial charge is 0.364 e. The number of nitrogens with zero attached hydrogens (tertiary/aromatic N) is 3. The second-order valence-electron chi connectivity index (χ2n) is 5.44. The summed E-state index contributed by atoms with van der Waals surface area (Å²) < 4.78 is 0. The van der Waals surface area contributed by atoms with Crippen LogP contribution in [-0.2, 0) is 13.0 Å². The van der Waals surface area contributed by atoms with Gasteiger partial charge in [0.1, 0.15) is 5.01 Å². The number of fused-ring (bicyclic) bond motifs is 1. The van der Waals surface area contributed by atoms with E-state index in [1.165, 1.54) is 30.5 Å². The average Bonchev–Trinajstić information content (AvgIpc) is 2.86. The zero-order chi connectivity index (χ0) is 14.5. The molecule has 0 aliphatic carbocycles. The molecule has 0 unspecified atom stereocenters. The van der Waals surface area contributed by atoms with Crippen molar-refractivity contribution in [2.75, 3.05) is 23.3 Å². The Morgan fingerprint density at radius 3 is 3.05 bits per heavy atom. The molecule has 1 aromatic heterocycles. The summed E-state index contributed by atoms with van der Waals surface area (Å²) in [5.74, 6) is 0. The maximum Gasteiger partial charge on any atom is 0.205 e. The van der Waals surface area contributed by atoms with Gasteiger partial charge < -0.3 is 10.2 Å². The molecule has 0 fully saturated rings. The number of benzene rings is 1. The van der Waals surface area contributed by atoms with Gasteiger partial charge >= 0.3 is 0 Å². The van der Waals surface area contributed by atoms with Gasteiger partial charge in [0.05, 0.1) is 6.54 Å². The summed E-state index contributed by atoms with van der Waals surface area (Å²) in [5, 5.41) is 13.9. The normalized spacial score (nSPS) is 14.6. The van der Waals surface area contributed by atoms with Crippen molar-refractivity contribution < 1.29 is 0 Å². The summed E-state index contributed by atoms with van der Waals surface area (Å²) >= 11 is 1.67. The van der Waals surface area contributed by atoms with E-state index in [1.54, 1.807) is 11.3 Å². The van der Waals surface area contributed by atoms with Crippen molar-refractivity contribution in [2.45, 2.75) is 39.2 Å². The molecule has 1 aliphatic heterocycles. The summed E-state index contributed by atoms with van der Waals surface area (Å²) in [7, 11) is 0. The van der Waals surface area contributed by atoms with Gasteiger partial charge in [0.25, 0.3) is 0 Å². The maximum atomic E-state index is 4.33. The second kappa shape index (κ2) is 6.89. The van der Waals surface area contributed by atoms with E-state index in [2.05, 4.69) is 51.6 Å². The number of hydrogen-bond acceptors (Lipinski definition) is 5. The van der Waals surface area contributed by atoms with E-state index in [-0.39, 0.29) is 0 Å². The van der Waals surface area contributed by atoms with Crippen LogP contribution in [0.1, 0.15) is 36.8 Å². The smallest absolute Gasteiger partial charge is 0.205 e. The van der Waals surface area contributed by atoms with Crippen LogP contribution in [-0.4, -0.2) is 23.3 Å². The van der Waals surface area contributed by atoms with Crippen molar-refractivity contribution in [3.63, 3.8) is 0 Å². The highest BCUT2D eigenvalue weighted by molar-refractivity contribution is 7.15. The monoisotopic (exact) mass is 302 g/mol. The summed E-state index contributed by atoms with van der Waals surface area (Å²) in [6.45, 7) is 5.08. The Hall–Kier alpha value is -1.62. The Bertz CT molecular complexity index is 581. The quantitative estimate of drug-likeness (QED) is 0.914. The van der Waals surface area contributed by atoms with Crippen LogP contribution >= 0.6 is 11.3 Å². The summed E-state index contributed by atoms with van der Waals surface area (Å²) in [4.78, 5) is 2.45. The van der Waals surface area contributed by atoms with Gasteiger partial charge in [-0.15, -0.1) is 10.2 Å². The minimum Gasteiger partial charge on any atom is -0.364 e. The van der Waals surface area contributed by atoms with Crippen molar-refractivity contribution in [1.29, 1.82) is 0 Å². The fraction of sp³-hybridized carbons (Fsp3) is 0.500. The molecule has 0 bridgehead atoms. The third kappa shape index (κ3) is 3.53. The van der Waals surface area contributed by atoms with Gasteiger partial charge in [0.2, 0.25) is 5.13 Å². The van der Waals surface area contributed by atoms with E-state index in [1.807, 2.05) is 0 Å². The van der Waals surface area contributed by atoms with Crippen molar-refractivity contribution in [3.05, 3.63) is 34.8 Å². The minimum absolute atomic E-state index is 0.864. The van der Waals surface area contributed by atoms with E-state index >= 15 is 0 Å². The highest BCUT2D eigenvalue weighted by Gasteiger charge is 2.16. The van der Waals surface area contributed by atoms with Crippen LogP contribution in [0.25, 0.3) is 0 Å². The topological polar surface area (TPSA) is 41.1 Å². The number of hydrogen-bond donors (Lipinski definition) is 1. The van der Waals surface area contributed by atoms with E-state index in [0.29, 0.717) is 0 Å². The van der Waals surface area contributed by atoms with Crippen LogP contribution in [0.5, 0.6) is 0 Å². The third-order valence-electron chi connectivity index (χ3n) is 3.78. The van der Waals surface area contributed by atoms with Crippen LogP contribution in [0.2, 0.25) is 0 Å². The molecule has 3 rings (SSSR count). The number of aryl methyl sites for hydroxylation is 1. The molecule has 0 spiro atoms. The molecular weight excluding hydrogens is 280 g/mol. The molecule has 1 N–H and O–H groups in total. The summed E-state index contributed by atoms with van der Waals surface area (Å²) in [6.07, 6.45) is 4.81. The summed E-state index contributed by atoms with van der Waals surface area (Å²) in [5.41, 5.74) is 2.83. The van der Waals surface area contributed by atoms with Crippen LogP contribution < -0.4 is 10.2 Å². The molecule has 0 radical (unpaired) electrons. The third-order valence-corrected chi connectivity index (χ3v) is 4.64. The Kier molecular flexibility index (Phi) is 4.70. The van der Waals surface area contributed by atoms with Gasteiger partial charge in [0.15, 0.2) is 0 Å². The lowest BCUT2D eigenvalue weighted by Gasteiger charge is -2.23. The molecule has 21 heavy (non-hydrogen) atoms. The first kappa shape index (κ1) is 14.3. The molecule has 4 nitrogen and oxygen atoms in total. The molecule has 2 heterocycles. The number of para-hydroxylation sites is 1. The number of rotatable bonds is 5. The van der Waals surface area contributed by atoms with Crippen LogP contribution in [0, 0.1) is 0 Å². The van der Waals surface area contributed by atoms with Crippen molar-refractivity contribution >= 4 is 22.2 Å². The maximum absolute atomic E-state index is 4.33. The fourth-order valence-corrected chi connectivity index (χ4v) is 3.50. The molecular formula is C16H22N4S. The Morgan fingerprint density at radius 1 is 1.24 bits per heavy atom. The molecule has 2 aromatic rings. The highest BCUT2D eigenvalue weighted by atomic mass is 32.1. The van der Waals surface area contributed by atoms with Crippen LogP contribution in [0.3, 0.4) is 0 Å².